The number of hydrogen-bond acceptors (Lipinski definition) is 2. The number of aryl methyl sites for hydroxylation is 3. The lowest BCUT2D eigenvalue weighted by Gasteiger charge is -2.22. The van der Waals surface area contributed by atoms with Crippen LogP contribution in [0, 0.1) is 20.8 Å². The molecule has 1 heterocycles. The summed E-state index contributed by atoms with van der Waals surface area (Å²) in [5.74, 6) is 0. The first kappa shape index (κ1) is 13.8. The second-order valence-electron chi connectivity index (χ2n) is 5.07. The lowest BCUT2D eigenvalue weighted by atomic mass is 9.92. The maximum atomic E-state index is 4.24. The molecule has 0 saturated carbocycles. The Labute approximate surface area is 115 Å². The molecule has 19 heavy (non-hydrogen) atoms. The predicted octanol–water partition coefficient (Wildman–Crippen LogP) is 3.71. The highest BCUT2D eigenvalue weighted by atomic mass is 14.9. The van der Waals surface area contributed by atoms with Crippen molar-refractivity contribution in [2.24, 2.45) is 0 Å². The van der Waals surface area contributed by atoms with Crippen molar-refractivity contribution < 1.29 is 0 Å². The number of pyridine rings is 1. The highest BCUT2D eigenvalue weighted by Crippen LogP contribution is 2.26. The molecule has 0 aliphatic heterocycles. The number of nitrogens with zero attached hydrogens (tertiary/aromatic N) is 1. The Morgan fingerprint density at radius 3 is 2.47 bits per heavy atom. The normalized spacial score (nSPS) is 12.4. The molecular weight excluding hydrogens is 232 g/mol. The largest absolute Gasteiger partial charge is 0.306 e. The maximum Gasteiger partial charge on any atom is 0.0594 e. The van der Waals surface area contributed by atoms with Crippen molar-refractivity contribution in [3.8, 4) is 0 Å². The zero-order valence-electron chi connectivity index (χ0n) is 12.2. The standard InChI is InChI=1S/C17H22N2/c1-5-19-17(15-7-6-8-18-11-15)16-10-13(3)12(2)9-14(16)4/h6-11,17,19H,5H2,1-4H3. The van der Waals surface area contributed by atoms with Crippen LogP contribution in [-0.4, -0.2) is 11.5 Å². The summed E-state index contributed by atoms with van der Waals surface area (Å²) in [5.41, 5.74) is 6.58. The topological polar surface area (TPSA) is 24.9 Å². The third-order valence-electron chi connectivity index (χ3n) is 3.62. The summed E-state index contributed by atoms with van der Waals surface area (Å²) in [5, 5.41) is 3.56. The van der Waals surface area contributed by atoms with E-state index in [0.717, 1.165) is 6.54 Å². The quantitative estimate of drug-likeness (QED) is 0.899. The lowest BCUT2D eigenvalue weighted by Crippen LogP contribution is -2.23. The van der Waals surface area contributed by atoms with E-state index in [2.05, 4.69) is 56.2 Å². The van der Waals surface area contributed by atoms with Crippen LogP contribution in [-0.2, 0) is 0 Å². The van der Waals surface area contributed by atoms with Crippen molar-refractivity contribution in [2.75, 3.05) is 6.54 Å². The van der Waals surface area contributed by atoms with Crippen molar-refractivity contribution >= 4 is 0 Å². The van der Waals surface area contributed by atoms with Gasteiger partial charge in [-0.05, 0) is 61.2 Å². The Balaban J connectivity index is 2.48. The number of benzene rings is 1. The minimum absolute atomic E-state index is 0.220. The van der Waals surface area contributed by atoms with Gasteiger partial charge in [0, 0.05) is 12.4 Å². The molecule has 2 nitrogen and oxygen atoms in total. The van der Waals surface area contributed by atoms with Crippen LogP contribution in [0.4, 0.5) is 0 Å². The van der Waals surface area contributed by atoms with Gasteiger partial charge >= 0.3 is 0 Å². The Morgan fingerprint density at radius 1 is 1.11 bits per heavy atom. The molecule has 2 aromatic rings. The molecule has 0 radical (unpaired) electrons. The van der Waals surface area contributed by atoms with Crippen molar-refractivity contribution in [2.45, 2.75) is 33.7 Å². The molecule has 100 valence electrons. The maximum absolute atomic E-state index is 4.24. The van der Waals surface area contributed by atoms with Crippen LogP contribution < -0.4 is 5.32 Å². The van der Waals surface area contributed by atoms with E-state index in [1.54, 1.807) is 0 Å². The van der Waals surface area contributed by atoms with Crippen molar-refractivity contribution in [1.82, 2.24) is 10.3 Å². The summed E-state index contributed by atoms with van der Waals surface area (Å²) < 4.78 is 0. The fourth-order valence-electron chi connectivity index (χ4n) is 2.45. The highest BCUT2D eigenvalue weighted by molar-refractivity contribution is 5.41. The fraction of sp³-hybridized carbons (Fsp3) is 0.353. The second-order valence-corrected chi connectivity index (χ2v) is 5.07. The third kappa shape index (κ3) is 3.02. The van der Waals surface area contributed by atoms with E-state index in [0.29, 0.717) is 0 Å². The van der Waals surface area contributed by atoms with Gasteiger partial charge in [-0.1, -0.05) is 25.1 Å². The molecule has 0 aliphatic carbocycles. The third-order valence-corrected chi connectivity index (χ3v) is 3.62. The Morgan fingerprint density at radius 2 is 1.84 bits per heavy atom. The van der Waals surface area contributed by atoms with Crippen molar-refractivity contribution in [1.29, 1.82) is 0 Å². The summed E-state index contributed by atoms with van der Waals surface area (Å²) in [4.78, 5) is 4.24. The van der Waals surface area contributed by atoms with Gasteiger partial charge in [-0.2, -0.15) is 0 Å². The van der Waals surface area contributed by atoms with Crippen LogP contribution in [0.3, 0.4) is 0 Å². The average Bonchev–Trinajstić information content (AvgIpc) is 2.42. The van der Waals surface area contributed by atoms with Crippen LogP contribution in [0.2, 0.25) is 0 Å². The molecule has 1 unspecified atom stereocenters. The summed E-state index contributed by atoms with van der Waals surface area (Å²) in [6.45, 7) is 9.59. The minimum atomic E-state index is 0.220. The van der Waals surface area contributed by atoms with Gasteiger partial charge in [0.2, 0.25) is 0 Å². The highest BCUT2D eigenvalue weighted by Gasteiger charge is 2.16. The van der Waals surface area contributed by atoms with Gasteiger partial charge in [-0.15, -0.1) is 0 Å². The first-order valence-electron chi connectivity index (χ1n) is 6.84. The molecular formula is C17H22N2. The van der Waals surface area contributed by atoms with Gasteiger partial charge in [0.25, 0.3) is 0 Å². The smallest absolute Gasteiger partial charge is 0.0594 e. The minimum Gasteiger partial charge on any atom is -0.306 e. The number of hydrogen-bond donors (Lipinski definition) is 1. The average molecular weight is 254 g/mol. The molecule has 0 aliphatic rings. The number of rotatable bonds is 4. The summed E-state index contributed by atoms with van der Waals surface area (Å²) in [7, 11) is 0. The molecule has 0 fully saturated rings. The van der Waals surface area contributed by atoms with Gasteiger partial charge in [-0.3, -0.25) is 4.98 Å². The van der Waals surface area contributed by atoms with E-state index in [1.807, 2.05) is 18.5 Å². The van der Waals surface area contributed by atoms with E-state index in [9.17, 15) is 0 Å². The molecule has 1 aromatic heterocycles. The zero-order chi connectivity index (χ0) is 13.8. The van der Waals surface area contributed by atoms with E-state index < -0.39 is 0 Å². The monoisotopic (exact) mass is 254 g/mol. The molecule has 1 atom stereocenters. The van der Waals surface area contributed by atoms with Crippen LogP contribution in [0.25, 0.3) is 0 Å². The molecule has 1 N–H and O–H groups in total. The van der Waals surface area contributed by atoms with Crippen molar-refractivity contribution in [3.63, 3.8) is 0 Å². The number of nitrogens with one attached hydrogen (secondary N) is 1. The SMILES string of the molecule is CCNC(c1cccnc1)c1cc(C)c(C)cc1C. The summed E-state index contributed by atoms with van der Waals surface area (Å²) in [6.07, 6.45) is 3.77. The van der Waals surface area contributed by atoms with Crippen LogP contribution in [0.15, 0.2) is 36.7 Å². The van der Waals surface area contributed by atoms with Crippen LogP contribution >= 0.6 is 0 Å². The molecule has 0 amide bonds. The molecule has 0 bridgehead atoms. The zero-order valence-corrected chi connectivity index (χ0v) is 12.2. The van der Waals surface area contributed by atoms with Gasteiger partial charge in [0.1, 0.15) is 0 Å². The fourth-order valence-corrected chi connectivity index (χ4v) is 2.45. The second kappa shape index (κ2) is 5.98. The first-order valence-corrected chi connectivity index (χ1v) is 6.84. The Hall–Kier alpha value is -1.67. The van der Waals surface area contributed by atoms with Gasteiger partial charge in [0.05, 0.1) is 6.04 Å². The Bertz CT molecular complexity index is 547. The molecule has 0 spiro atoms. The van der Waals surface area contributed by atoms with E-state index in [-0.39, 0.29) is 6.04 Å². The van der Waals surface area contributed by atoms with E-state index in [4.69, 9.17) is 0 Å². The van der Waals surface area contributed by atoms with E-state index in [1.165, 1.54) is 27.8 Å². The molecule has 1 aromatic carbocycles. The van der Waals surface area contributed by atoms with Gasteiger partial charge in [-0.25, -0.2) is 0 Å². The lowest BCUT2D eigenvalue weighted by molar-refractivity contribution is 0.625. The van der Waals surface area contributed by atoms with Crippen molar-refractivity contribution in [3.05, 3.63) is 64.5 Å². The van der Waals surface area contributed by atoms with Crippen LogP contribution in [0.5, 0.6) is 0 Å². The summed E-state index contributed by atoms with van der Waals surface area (Å²) >= 11 is 0. The predicted molar refractivity (Wildman–Crippen MR) is 80.4 cm³/mol. The van der Waals surface area contributed by atoms with Gasteiger partial charge in [0.15, 0.2) is 0 Å². The molecule has 2 rings (SSSR count). The first-order chi connectivity index (χ1) is 9.13. The Kier molecular flexibility index (Phi) is 4.33. The van der Waals surface area contributed by atoms with Gasteiger partial charge < -0.3 is 5.32 Å². The molecule has 0 saturated heterocycles. The van der Waals surface area contributed by atoms with E-state index >= 15 is 0 Å². The summed E-state index contributed by atoms with van der Waals surface area (Å²) in [6, 6.07) is 8.92. The number of aromatic nitrogens is 1. The molecule has 2 heteroatoms. The van der Waals surface area contributed by atoms with Crippen LogP contribution in [0.1, 0.15) is 40.8 Å².